The monoisotopic (exact) mass is 347 g/mol. The molecule has 0 unspecified atom stereocenters. The van der Waals surface area contributed by atoms with Crippen molar-refractivity contribution in [3.05, 3.63) is 77.0 Å². The quantitative estimate of drug-likeness (QED) is 0.575. The molecule has 0 spiro atoms. The molecule has 0 aromatic heterocycles. The average Bonchev–Trinajstić information content (AvgIpc) is 3.00. The van der Waals surface area contributed by atoms with E-state index in [1.807, 2.05) is 42.5 Å². The number of hydrogen-bond acceptors (Lipinski definition) is 4. The third kappa shape index (κ3) is 4.09. The Kier molecular flexibility index (Phi) is 5.32. The lowest BCUT2D eigenvalue weighted by Crippen LogP contribution is -2.01. The molecule has 2 aromatic rings. The Bertz CT molecular complexity index is 890. The molecule has 0 aliphatic carbocycles. The Morgan fingerprint density at radius 3 is 2.46 bits per heavy atom. The molecule has 0 fully saturated rings. The lowest BCUT2D eigenvalue weighted by molar-refractivity contribution is -0.129. The molecular formula is C22H21NO3. The van der Waals surface area contributed by atoms with E-state index in [0.717, 1.165) is 16.9 Å². The lowest BCUT2D eigenvalue weighted by Gasteiger charge is -2.04. The van der Waals surface area contributed by atoms with E-state index in [2.05, 4.69) is 31.0 Å². The van der Waals surface area contributed by atoms with Crippen LogP contribution in [-0.2, 0) is 9.53 Å². The van der Waals surface area contributed by atoms with E-state index in [-0.39, 0.29) is 5.90 Å². The molecule has 26 heavy (non-hydrogen) atoms. The summed E-state index contributed by atoms with van der Waals surface area (Å²) < 4.78 is 10.5. The number of esters is 1. The molecule has 4 nitrogen and oxygen atoms in total. The molecule has 0 radical (unpaired) electrons. The molecule has 1 aliphatic rings. The Morgan fingerprint density at radius 1 is 1.04 bits per heavy atom. The van der Waals surface area contributed by atoms with Crippen molar-refractivity contribution in [1.82, 2.24) is 0 Å². The van der Waals surface area contributed by atoms with Crippen molar-refractivity contribution in [2.45, 2.75) is 19.8 Å². The van der Waals surface area contributed by atoms with Gasteiger partial charge >= 0.3 is 5.97 Å². The van der Waals surface area contributed by atoms with Gasteiger partial charge in [0.25, 0.3) is 0 Å². The molecule has 1 heterocycles. The normalized spacial score (nSPS) is 15.6. The molecule has 0 N–H and O–H groups in total. The first-order valence-corrected chi connectivity index (χ1v) is 8.50. The number of para-hydroxylation sites is 1. The van der Waals surface area contributed by atoms with Crippen molar-refractivity contribution in [2.24, 2.45) is 4.99 Å². The van der Waals surface area contributed by atoms with Crippen molar-refractivity contribution in [1.29, 1.82) is 0 Å². The van der Waals surface area contributed by atoms with Crippen LogP contribution in [0.2, 0.25) is 0 Å². The van der Waals surface area contributed by atoms with Gasteiger partial charge in [-0.1, -0.05) is 56.3 Å². The minimum atomic E-state index is -0.447. The van der Waals surface area contributed by atoms with Crippen LogP contribution in [0.25, 0.3) is 12.2 Å². The first-order valence-electron chi connectivity index (χ1n) is 8.50. The SMILES string of the molecule is COc1ccccc1/C=C/C1=NC(=C/c2ccc(C(C)C)cc2)/C(=O)O1. The van der Waals surface area contributed by atoms with E-state index in [1.54, 1.807) is 19.3 Å². The maximum absolute atomic E-state index is 12.0. The van der Waals surface area contributed by atoms with E-state index in [9.17, 15) is 4.79 Å². The highest BCUT2D eigenvalue weighted by atomic mass is 16.6. The first kappa shape index (κ1) is 17.7. The summed E-state index contributed by atoms with van der Waals surface area (Å²) in [6, 6.07) is 15.7. The standard InChI is InChI=1S/C22H21NO3/c1-15(2)17-10-8-16(9-11-17)14-19-22(24)26-21(23-19)13-12-18-6-4-5-7-20(18)25-3/h4-15H,1-3H3/b13-12+,19-14+. The van der Waals surface area contributed by atoms with E-state index in [4.69, 9.17) is 9.47 Å². The Labute approximate surface area is 153 Å². The number of carbonyl (C=O) groups is 1. The van der Waals surface area contributed by atoms with Crippen LogP contribution in [0.1, 0.15) is 36.5 Å². The summed E-state index contributed by atoms with van der Waals surface area (Å²) in [5.74, 6) is 1.04. The second-order valence-electron chi connectivity index (χ2n) is 6.27. The number of benzene rings is 2. The van der Waals surface area contributed by atoms with Crippen molar-refractivity contribution in [2.75, 3.05) is 7.11 Å². The summed E-state index contributed by atoms with van der Waals surface area (Å²) in [4.78, 5) is 16.3. The number of ether oxygens (including phenoxy) is 2. The fraction of sp³-hybridized carbons (Fsp3) is 0.182. The van der Waals surface area contributed by atoms with E-state index < -0.39 is 5.97 Å². The van der Waals surface area contributed by atoms with Crippen LogP contribution in [-0.4, -0.2) is 19.0 Å². The number of carbonyl (C=O) groups excluding carboxylic acids is 1. The zero-order valence-corrected chi connectivity index (χ0v) is 15.1. The average molecular weight is 347 g/mol. The minimum Gasteiger partial charge on any atom is -0.496 e. The number of aliphatic imine (C=N–C) groups is 1. The minimum absolute atomic E-state index is 0.269. The topological polar surface area (TPSA) is 47.9 Å². The van der Waals surface area contributed by atoms with Crippen LogP contribution >= 0.6 is 0 Å². The molecule has 0 bridgehead atoms. The van der Waals surface area contributed by atoms with Crippen molar-refractivity contribution >= 4 is 24.0 Å². The number of methoxy groups -OCH3 is 1. The summed E-state index contributed by atoms with van der Waals surface area (Å²) in [6.45, 7) is 4.29. The van der Waals surface area contributed by atoms with Gasteiger partial charge < -0.3 is 9.47 Å². The predicted octanol–water partition coefficient (Wildman–Crippen LogP) is 4.83. The van der Waals surface area contributed by atoms with E-state index in [0.29, 0.717) is 11.6 Å². The predicted molar refractivity (Wildman–Crippen MR) is 104 cm³/mol. The van der Waals surface area contributed by atoms with E-state index >= 15 is 0 Å². The summed E-state index contributed by atoms with van der Waals surface area (Å²) >= 11 is 0. The zero-order valence-electron chi connectivity index (χ0n) is 15.1. The van der Waals surface area contributed by atoms with Crippen molar-refractivity contribution < 1.29 is 14.3 Å². The molecule has 3 rings (SSSR count). The first-order chi connectivity index (χ1) is 12.6. The number of nitrogens with zero attached hydrogens (tertiary/aromatic N) is 1. The van der Waals surface area contributed by atoms with Gasteiger partial charge in [-0.3, -0.25) is 0 Å². The van der Waals surface area contributed by atoms with Gasteiger partial charge in [0.15, 0.2) is 5.70 Å². The van der Waals surface area contributed by atoms with Crippen LogP contribution in [0.3, 0.4) is 0 Å². The largest absolute Gasteiger partial charge is 0.496 e. The second-order valence-corrected chi connectivity index (χ2v) is 6.27. The fourth-order valence-electron chi connectivity index (χ4n) is 2.60. The second kappa shape index (κ2) is 7.83. The van der Waals surface area contributed by atoms with Crippen LogP contribution < -0.4 is 4.74 Å². The van der Waals surface area contributed by atoms with Crippen molar-refractivity contribution in [3.8, 4) is 5.75 Å². The molecule has 132 valence electrons. The number of hydrogen-bond donors (Lipinski definition) is 0. The third-order valence-corrected chi connectivity index (χ3v) is 4.09. The number of rotatable bonds is 5. The van der Waals surface area contributed by atoms with Gasteiger partial charge in [0.1, 0.15) is 5.75 Å². The summed E-state index contributed by atoms with van der Waals surface area (Å²) in [5, 5.41) is 0. The highest BCUT2D eigenvalue weighted by Crippen LogP contribution is 2.21. The zero-order chi connectivity index (χ0) is 18.5. The molecule has 0 atom stereocenters. The van der Waals surface area contributed by atoms with Gasteiger partial charge in [-0.25, -0.2) is 9.79 Å². The van der Waals surface area contributed by atoms with Gasteiger partial charge in [-0.2, -0.15) is 0 Å². The maximum atomic E-state index is 12.0. The number of cyclic esters (lactones) is 1. The highest BCUT2D eigenvalue weighted by Gasteiger charge is 2.21. The molecule has 2 aromatic carbocycles. The smallest absolute Gasteiger partial charge is 0.363 e. The van der Waals surface area contributed by atoms with Crippen molar-refractivity contribution in [3.63, 3.8) is 0 Å². The third-order valence-electron chi connectivity index (χ3n) is 4.09. The van der Waals surface area contributed by atoms with Crippen LogP contribution in [0.4, 0.5) is 0 Å². The Balaban J connectivity index is 1.79. The van der Waals surface area contributed by atoms with Gasteiger partial charge in [-0.05, 0) is 35.3 Å². The Hall–Kier alpha value is -3.14. The maximum Gasteiger partial charge on any atom is 0.363 e. The van der Waals surface area contributed by atoms with Crippen LogP contribution in [0.15, 0.2) is 65.3 Å². The summed E-state index contributed by atoms with van der Waals surface area (Å²) in [7, 11) is 1.62. The lowest BCUT2D eigenvalue weighted by atomic mass is 10.0. The summed E-state index contributed by atoms with van der Waals surface area (Å²) in [6.07, 6.45) is 5.21. The molecule has 0 saturated heterocycles. The molecule has 0 amide bonds. The highest BCUT2D eigenvalue weighted by molar-refractivity contribution is 6.11. The molecule has 0 saturated carbocycles. The van der Waals surface area contributed by atoms with Gasteiger partial charge in [-0.15, -0.1) is 0 Å². The van der Waals surface area contributed by atoms with Gasteiger partial charge in [0.2, 0.25) is 5.90 Å². The van der Waals surface area contributed by atoms with Crippen LogP contribution in [0, 0.1) is 0 Å². The van der Waals surface area contributed by atoms with Gasteiger partial charge in [0, 0.05) is 11.6 Å². The fourth-order valence-corrected chi connectivity index (χ4v) is 2.60. The molecular weight excluding hydrogens is 326 g/mol. The van der Waals surface area contributed by atoms with E-state index in [1.165, 1.54) is 5.56 Å². The summed E-state index contributed by atoms with van der Waals surface area (Å²) in [5.41, 5.74) is 3.35. The Morgan fingerprint density at radius 2 is 1.77 bits per heavy atom. The molecule has 4 heteroatoms. The van der Waals surface area contributed by atoms with Crippen LogP contribution in [0.5, 0.6) is 5.75 Å². The molecule has 1 aliphatic heterocycles. The van der Waals surface area contributed by atoms with Gasteiger partial charge in [0.05, 0.1) is 7.11 Å².